The Morgan fingerprint density at radius 2 is 1.87 bits per heavy atom. The smallest absolute Gasteiger partial charge is 0.331 e. The zero-order chi connectivity index (χ0) is 22.8. The van der Waals surface area contributed by atoms with E-state index >= 15 is 0 Å². The maximum Gasteiger partial charge on any atom is 0.331 e. The van der Waals surface area contributed by atoms with E-state index in [0.717, 1.165) is 36.2 Å². The van der Waals surface area contributed by atoms with Crippen molar-refractivity contribution in [2.45, 2.75) is 33.2 Å². The summed E-state index contributed by atoms with van der Waals surface area (Å²) in [5, 5.41) is 10.5. The van der Waals surface area contributed by atoms with Gasteiger partial charge in [-0.25, -0.2) is 4.79 Å². The quantitative estimate of drug-likeness (QED) is 0.390. The fraction of sp³-hybridized carbons (Fsp3) is 0.500. The van der Waals surface area contributed by atoms with Crippen LogP contribution in [0.15, 0.2) is 32.8 Å². The molecule has 31 heavy (non-hydrogen) atoms. The summed E-state index contributed by atoms with van der Waals surface area (Å²) in [4.78, 5) is 33.2. The number of aromatic amines is 1. The van der Waals surface area contributed by atoms with Gasteiger partial charge in [-0.15, -0.1) is 0 Å². The predicted octanol–water partition coefficient (Wildman–Crippen LogP) is 1.65. The van der Waals surface area contributed by atoms with Gasteiger partial charge in [0.15, 0.2) is 11.5 Å². The SMILES string of the molecule is CCN(CC)CCCN=Cc1c(O)n(CCc2ccc(OC)c(OC)c2)c(=O)[nH]c1=O. The second kappa shape index (κ2) is 11.9. The third-order valence-electron chi connectivity index (χ3n) is 5.16. The first-order chi connectivity index (χ1) is 14.9. The standard InChI is InChI=1S/C22H32N4O5/c1-5-25(6-2)12-7-11-23-15-17-20(27)24-22(29)26(21(17)28)13-10-16-8-9-18(30-3)19(14-16)31-4/h8-9,14-15,28H,5-7,10-13H2,1-4H3,(H,24,27,29). The number of aliphatic imine (C=N–C) groups is 1. The molecule has 0 aliphatic heterocycles. The molecule has 2 rings (SSSR count). The molecule has 9 heteroatoms. The van der Waals surface area contributed by atoms with E-state index in [1.807, 2.05) is 12.1 Å². The highest BCUT2D eigenvalue weighted by molar-refractivity contribution is 5.81. The number of nitrogens with zero attached hydrogens (tertiary/aromatic N) is 3. The normalized spacial score (nSPS) is 11.4. The number of aryl methyl sites for hydroxylation is 1. The molecule has 0 aliphatic rings. The molecule has 0 radical (unpaired) electrons. The lowest BCUT2D eigenvalue weighted by Gasteiger charge is -2.16. The Morgan fingerprint density at radius 3 is 2.52 bits per heavy atom. The van der Waals surface area contributed by atoms with Gasteiger partial charge < -0.3 is 19.5 Å². The average Bonchev–Trinajstić information content (AvgIpc) is 2.77. The number of benzene rings is 1. The highest BCUT2D eigenvalue weighted by Crippen LogP contribution is 2.27. The molecule has 0 bridgehead atoms. The number of ether oxygens (including phenoxy) is 2. The maximum atomic E-state index is 12.2. The molecule has 1 aromatic heterocycles. The molecule has 2 aromatic rings. The van der Waals surface area contributed by atoms with Crippen LogP contribution >= 0.6 is 0 Å². The number of methoxy groups -OCH3 is 2. The van der Waals surface area contributed by atoms with E-state index in [2.05, 4.69) is 28.7 Å². The lowest BCUT2D eigenvalue weighted by Crippen LogP contribution is -2.32. The lowest BCUT2D eigenvalue weighted by atomic mass is 10.1. The van der Waals surface area contributed by atoms with Crippen molar-refractivity contribution in [3.63, 3.8) is 0 Å². The topological polar surface area (TPSA) is 109 Å². The largest absolute Gasteiger partial charge is 0.494 e. The van der Waals surface area contributed by atoms with Crippen LogP contribution in [-0.2, 0) is 13.0 Å². The third kappa shape index (κ3) is 6.45. The molecule has 0 spiro atoms. The zero-order valence-corrected chi connectivity index (χ0v) is 18.7. The zero-order valence-electron chi connectivity index (χ0n) is 18.7. The molecule has 1 heterocycles. The Bertz CT molecular complexity index is 992. The summed E-state index contributed by atoms with van der Waals surface area (Å²) in [6.07, 6.45) is 2.62. The van der Waals surface area contributed by atoms with Crippen LogP contribution in [0.25, 0.3) is 0 Å². The molecular weight excluding hydrogens is 400 g/mol. The first kappa shape index (κ1) is 24.2. The van der Waals surface area contributed by atoms with Gasteiger partial charge in [-0.3, -0.25) is 19.3 Å². The monoisotopic (exact) mass is 432 g/mol. The summed E-state index contributed by atoms with van der Waals surface area (Å²) in [5.41, 5.74) is -0.449. The molecule has 0 saturated heterocycles. The van der Waals surface area contributed by atoms with E-state index in [1.54, 1.807) is 20.3 Å². The van der Waals surface area contributed by atoms with Crippen LogP contribution in [-0.4, -0.2) is 66.2 Å². The fourth-order valence-electron chi connectivity index (χ4n) is 3.26. The number of H-pyrrole nitrogens is 1. The number of aromatic hydroxyl groups is 1. The second-order valence-corrected chi connectivity index (χ2v) is 7.00. The highest BCUT2D eigenvalue weighted by atomic mass is 16.5. The number of nitrogens with one attached hydrogen (secondary N) is 1. The van der Waals surface area contributed by atoms with Crippen molar-refractivity contribution in [2.24, 2.45) is 4.99 Å². The number of hydrogen-bond acceptors (Lipinski definition) is 7. The van der Waals surface area contributed by atoms with Crippen LogP contribution in [0.4, 0.5) is 0 Å². The number of rotatable bonds is 12. The molecule has 0 unspecified atom stereocenters. The van der Waals surface area contributed by atoms with Crippen molar-refractivity contribution in [1.29, 1.82) is 0 Å². The Kier molecular flexibility index (Phi) is 9.33. The van der Waals surface area contributed by atoms with Gasteiger partial charge in [0.25, 0.3) is 5.56 Å². The summed E-state index contributed by atoms with van der Waals surface area (Å²) >= 11 is 0. The van der Waals surface area contributed by atoms with Gasteiger partial charge in [0.05, 0.1) is 14.2 Å². The van der Waals surface area contributed by atoms with E-state index < -0.39 is 11.2 Å². The summed E-state index contributed by atoms with van der Waals surface area (Å²) in [6, 6.07) is 5.44. The van der Waals surface area contributed by atoms with Crippen molar-refractivity contribution in [3.8, 4) is 17.4 Å². The number of aromatic nitrogens is 2. The molecule has 0 atom stereocenters. The Balaban J connectivity index is 2.12. The van der Waals surface area contributed by atoms with Gasteiger partial charge >= 0.3 is 5.69 Å². The summed E-state index contributed by atoms with van der Waals surface area (Å²) in [6.45, 7) is 7.79. The van der Waals surface area contributed by atoms with Crippen LogP contribution in [0.2, 0.25) is 0 Å². The van der Waals surface area contributed by atoms with Crippen LogP contribution in [0.3, 0.4) is 0 Å². The first-order valence-electron chi connectivity index (χ1n) is 10.4. The third-order valence-corrected chi connectivity index (χ3v) is 5.16. The highest BCUT2D eigenvalue weighted by Gasteiger charge is 2.13. The second-order valence-electron chi connectivity index (χ2n) is 7.00. The van der Waals surface area contributed by atoms with Crippen LogP contribution < -0.4 is 20.7 Å². The number of hydrogen-bond donors (Lipinski definition) is 2. The minimum Gasteiger partial charge on any atom is -0.494 e. The Labute approximate surface area is 182 Å². The van der Waals surface area contributed by atoms with Gasteiger partial charge in [-0.05, 0) is 50.2 Å². The molecular formula is C22H32N4O5. The van der Waals surface area contributed by atoms with E-state index in [-0.39, 0.29) is 18.0 Å². The van der Waals surface area contributed by atoms with Crippen LogP contribution in [0.5, 0.6) is 17.4 Å². The molecule has 9 nitrogen and oxygen atoms in total. The van der Waals surface area contributed by atoms with Gasteiger partial charge in [-0.2, -0.15) is 0 Å². The van der Waals surface area contributed by atoms with Crippen molar-refractivity contribution >= 4 is 6.21 Å². The first-order valence-corrected chi connectivity index (χ1v) is 10.4. The van der Waals surface area contributed by atoms with Crippen LogP contribution in [0.1, 0.15) is 31.4 Å². The average molecular weight is 433 g/mol. The molecule has 0 amide bonds. The Morgan fingerprint density at radius 1 is 1.16 bits per heavy atom. The molecule has 2 N–H and O–H groups in total. The Hall–Kier alpha value is -3.07. The van der Waals surface area contributed by atoms with Gasteiger partial charge in [-0.1, -0.05) is 19.9 Å². The van der Waals surface area contributed by atoms with Gasteiger partial charge in [0.1, 0.15) is 5.56 Å². The predicted molar refractivity (Wildman–Crippen MR) is 121 cm³/mol. The van der Waals surface area contributed by atoms with Crippen LogP contribution in [0, 0.1) is 0 Å². The van der Waals surface area contributed by atoms with E-state index in [1.165, 1.54) is 6.21 Å². The summed E-state index contributed by atoms with van der Waals surface area (Å²) < 4.78 is 11.7. The van der Waals surface area contributed by atoms with E-state index in [9.17, 15) is 14.7 Å². The summed E-state index contributed by atoms with van der Waals surface area (Å²) in [7, 11) is 3.11. The molecule has 1 aromatic carbocycles. The van der Waals surface area contributed by atoms with Crippen molar-refractivity contribution in [2.75, 3.05) is 40.4 Å². The van der Waals surface area contributed by atoms with E-state index in [0.29, 0.717) is 24.5 Å². The minimum atomic E-state index is -0.665. The van der Waals surface area contributed by atoms with Gasteiger partial charge in [0, 0.05) is 19.3 Å². The molecule has 170 valence electrons. The lowest BCUT2D eigenvalue weighted by molar-refractivity contribution is 0.302. The summed E-state index contributed by atoms with van der Waals surface area (Å²) in [5.74, 6) is 0.798. The van der Waals surface area contributed by atoms with Crippen molar-refractivity contribution < 1.29 is 14.6 Å². The van der Waals surface area contributed by atoms with Gasteiger partial charge in [0.2, 0.25) is 5.88 Å². The van der Waals surface area contributed by atoms with Crippen molar-refractivity contribution in [3.05, 3.63) is 50.2 Å². The minimum absolute atomic E-state index is 0.0187. The molecule has 0 aliphatic carbocycles. The maximum absolute atomic E-state index is 12.2. The van der Waals surface area contributed by atoms with E-state index in [4.69, 9.17) is 9.47 Å². The molecule has 0 saturated carbocycles. The fourth-order valence-corrected chi connectivity index (χ4v) is 3.26. The molecule has 0 fully saturated rings. The van der Waals surface area contributed by atoms with Crippen molar-refractivity contribution in [1.82, 2.24) is 14.5 Å².